The maximum absolute atomic E-state index is 12.2. The second-order valence-corrected chi connectivity index (χ2v) is 4.39. The molecule has 1 heterocycles. The molecule has 2 N–H and O–H groups in total. The van der Waals surface area contributed by atoms with E-state index in [1.807, 2.05) is 0 Å². The van der Waals surface area contributed by atoms with Gasteiger partial charge in [-0.2, -0.15) is 0 Å². The molecule has 1 aromatic heterocycles. The molecule has 0 spiro atoms. The van der Waals surface area contributed by atoms with Gasteiger partial charge in [-0.3, -0.25) is 14.6 Å². The number of hydrogen-bond acceptors (Lipinski definition) is 4. The van der Waals surface area contributed by atoms with Gasteiger partial charge < -0.3 is 15.3 Å². The fourth-order valence-corrected chi connectivity index (χ4v) is 1.56. The van der Waals surface area contributed by atoms with Crippen LogP contribution in [-0.2, 0) is 4.79 Å². The van der Waals surface area contributed by atoms with Crippen LogP contribution in [-0.4, -0.2) is 54.1 Å². The van der Waals surface area contributed by atoms with Gasteiger partial charge in [-0.15, -0.1) is 0 Å². The number of carbonyl (C=O) groups excluding carboxylic acids is 2. The van der Waals surface area contributed by atoms with Gasteiger partial charge in [0.1, 0.15) is 0 Å². The third-order valence-electron chi connectivity index (χ3n) is 2.75. The molecule has 0 saturated heterocycles. The Bertz CT molecular complexity index is 561. The second kappa shape index (κ2) is 8.72. The topological polar surface area (TPSA) is 82.5 Å². The Morgan fingerprint density at radius 1 is 1.43 bits per heavy atom. The maximum atomic E-state index is 12.2. The molecule has 1 rings (SSSR count). The summed E-state index contributed by atoms with van der Waals surface area (Å²) in [6, 6.07) is 1.65. The highest BCUT2D eigenvalue weighted by Crippen LogP contribution is 2.05. The van der Waals surface area contributed by atoms with E-state index in [0.29, 0.717) is 24.1 Å². The Kier molecular flexibility index (Phi) is 6.92. The van der Waals surface area contributed by atoms with Gasteiger partial charge in [0.25, 0.3) is 5.91 Å². The highest BCUT2D eigenvalue weighted by Gasteiger charge is 2.13. The summed E-state index contributed by atoms with van der Waals surface area (Å²) in [5, 5.41) is 11.2. The van der Waals surface area contributed by atoms with Crippen LogP contribution in [0.5, 0.6) is 0 Å². The summed E-state index contributed by atoms with van der Waals surface area (Å²) >= 11 is 0. The first kappa shape index (κ1) is 16.7. The van der Waals surface area contributed by atoms with Crippen LogP contribution < -0.4 is 5.32 Å². The summed E-state index contributed by atoms with van der Waals surface area (Å²) in [6.45, 7) is 0.334. The minimum Gasteiger partial charge on any atom is -0.395 e. The number of nitrogens with one attached hydrogen (secondary N) is 1. The lowest BCUT2D eigenvalue weighted by atomic mass is 10.2. The van der Waals surface area contributed by atoms with Crippen molar-refractivity contribution >= 4 is 11.8 Å². The predicted octanol–water partition coefficient (Wildman–Crippen LogP) is 0.0236. The van der Waals surface area contributed by atoms with Crippen LogP contribution in [0.3, 0.4) is 0 Å². The van der Waals surface area contributed by atoms with Gasteiger partial charge in [0, 0.05) is 51.4 Å². The minimum atomic E-state index is -0.211. The fraction of sp³-hybridized carbons (Fsp3) is 0.400. The molecule has 0 saturated carbocycles. The first-order valence-electron chi connectivity index (χ1n) is 6.59. The average Bonchev–Trinajstić information content (AvgIpc) is 2.52. The molecule has 0 radical (unpaired) electrons. The zero-order chi connectivity index (χ0) is 15.7. The minimum absolute atomic E-state index is 0.00127. The van der Waals surface area contributed by atoms with E-state index in [0.717, 1.165) is 0 Å². The van der Waals surface area contributed by atoms with E-state index in [4.69, 9.17) is 5.11 Å². The Balaban J connectivity index is 2.72. The number of aliphatic hydroxyl groups is 1. The van der Waals surface area contributed by atoms with Crippen LogP contribution in [0.25, 0.3) is 0 Å². The summed E-state index contributed by atoms with van der Waals surface area (Å²) < 4.78 is 0. The van der Waals surface area contributed by atoms with Crippen molar-refractivity contribution in [2.45, 2.75) is 12.8 Å². The van der Waals surface area contributed by atoms with Crippen LogP contribution in [0, 0.1) is 11.8 Å². The highest BCUT2D eigenvalue weighted by molar-refractivity contribution is 5.94. The number of pyridine rings is 1. The molecular formula is C15H19N3O3. The van der Waals surface area contributed by atoms with Crippen molar-refractivity contribution in [3.63, 3.8) is 0 Å². The monoisotopic (exact) mass is 289 g/mol. The predicted molar refractivity (Wildman–Crippen MR) is 78.5 cm³/mol. The van der Waals surface area contributed by atoms with E-state index >= 15 is 0 Å². The van der Waals surface area contributed by atoms with Crippen LogP contribution in [0.1, 0.15) is 28.8 Å². The smallest absolute Gasteiger partial charge is 0.255 e. The van der Waals surface area contributed by atoms with Gasteiger partial charge in [0.05, 0.1) is 12.2 Å². The molecule has 2 amide bonds. The van der Waals surface area contributed by atoms with Crippen molar-refractivity contribution in [2.24, 2.45) is 0 Å². The number of hydrogen-bond donors (Lipinski definition) is 2. The Labute approximate surface area is 124 Å². The molecule has 21 heavy (non-hydrogen) atoms. The van der Waals surface area contributed by atoms with Crippen LogP contribution >= 0.6 is 0 Å². The van der Waals surface area contributed by atoms with Crippen LogP contribution in [0.2, 0.25) is 0 Å². The normalized spacial score (nSPS) is 9.48. The largest absolute Gasteiger partial charge is 0.395 e. The zero-order valence-corrected chi connectivity index (χ0v) is 12.2. The van der Waals surface area contributed by atoms with Crippen molar-refractivity contribution in [3.05, 3.63) is 29.6 Å². The van der Waals surface area contributed by atoms with E-state index in [-0.39, 0.29) is 24.8 Å². The van der Waals surface area contributed by atoms with Gasteiger partial charge in [0.15, 0.2) is 0 Å². The Morgan fingerprint density at radius 3 is 2.86 bits per heavy atom. The van der Waals surface area contributed by atoms with E-state index < -0.39 is 0 Å². The first-order chi connectivity index (χ1) is 10.1. The van der Waals surface area contributed by atoms with Crippen molar-refractivity contribution in [2.75, 3.05) is 27.2 Å². The van der Waals surface area contributed by atoms with Gasteiger partial charge >= 0.3 is 0 Å². The molecule has 0 unspecified atom stereocenters. The molecular weight excluding hydrogens is 270 g/mol. The molecule has 0 bridgehead atoms. The fourth-order valence-electron chi connectivity index (χ4n) is 1.56. The number of aromatic nitrogens is 1. The van der Waals surface area contributed by atoms with E-state index in [1.54, 1.807) is 26.4 Å². The summed E-state index contributed by atoms with van der Waals surface area (Å²) in [5.74, 6) is 5.28. The van der Waals surface area contributed by atoms with Crippen molar-refractivity contribution < 1.29 is 14.7 Å². The molecule has 6 heteroatoms. The average molecular weight is 289 g/mol. The molecule has 0 aliphatic rings. The third kappa shape index (κ3) is 5.63. The van der Waals surface area contributed by atoms with Gasteiger partial charge in [-0.25, -0.2) is 0 Å². The number of carbonyl (C=O) groups is 2. The number of aliphatic hydroxyl groups excluding tert-OH is 1. The van der Waals surface area contributed by atoms with Crippen LogP contribution in [0.15, 0.2) is 18.5 Å². The molecule has 6 nitrogen and oxygen atoms in total. The lowest BCUT2D eigenvalue weighted by molar-refractivity contribution is -0.120. The molecule has 0 aliphatic carbocycles. The number of nitrogens with zero attached hydrogens (tertiary/aromatic N) is 2. The van der Waals surface area contributed by atoms with Gasteiger partial charge in [-0.05, 0) is 6.07 Å². The van der Waals surface area contributed by atoms with Crippen molar-refractivity contribution in [3.8, 4) is 11.8 Å². The van der Waals surface area contributed by atoms with Crippen molar-refractivity contribution in [1.82, 2.24) is 15.2 Å². The first-order valence-corrected chi connectivity index (χ1v) is 6.59. The lowest BCUT2D eigenvalue weighted by Gasteiger charge is -2.16. The maximum Gasteiger partial charge on any atom is 0.255 e. The van der Waals surface area contributed by atoms with Gasteiger partial charge in [-0.1, -0.05) is 11.8 Å². The third-order valence-corrected chi connectivity index (χ3v) is 2.75. The summed E-state index contributed by atoms with van der Waals surface area (Å²) in [4.78, 5) is 28.8. The molecule has 0 fully saturated rings. The molecule has 0 aromatic carbocycles. The van der Waals surface area contributed by atoms with Gasteiger partial charge in [0.2, 0.25) is 5.91 Å². The standard InChI is InChI=1S/C15H19N3O3/c1-16-14(20)6-7-18(2)15(21)13-9-12(10-17-11-13)5-3-4-8-19/h9-11,19H,4,6-8H2,1-2H3,(H,16,20). The Morgan fingerprint density at radius 2 is 2.19 bits per heavy atom. The molecule has 1 aromatic rings. The highest BCUT2D eigenvalue weighted by atomic mass is 16.2. The molecule has 0 atom stereocenters. The van der Waals surface area contributed by atoms with Crippen molar-refractivity contribution in [1.29, 1.82) is 0 Å². The number of amides is 2. The lowest BCUT2D eigenvalue weighted by Crippen LogP contribution is -2.31. The summed E-state index contributed by atoms with van der Waals surface area (Å²) in [7, 11) is 3.19. The SMILES string of the molecule is CNC(=O)CCN(C)C(=O)c1cncc(C#CCCO)c1. The summed E-state index contributed by atoms with van der Waals surface area (Å²) in [5.41, 5.74) is 1.04. The molecule has 0 aliphatic heterocycles. The number of rotatable bonds is 5. The van der Waals surface area contributed by atoms with E-state index in [1.165, 1.54) is 11.1 Å². The zero-order valence-electron chi connectivity index (χ0n) is 12.2. The van der Waals surface area contributed by atoms with E-state index in [9.17, 15) is 9.59 Å². The summed E-state index contributed by atoms with van der Waals surface area (Å²) in [6.07, 6.45) is 3.66. The quantitative estimate of drug-likeness (QED) is 0.749. The van der Waals surface area contributed by atoms with E-state index in [2.05, 4.69) is 22.1 Å². The second-order valence-electron chi connectivity index (χ2n) is 4.39. The molecule has 112 valence electrons. The van der Waals surface area contributed by atoms with Crippen LogP contribution in [0.4, 0.5) is 0 Å². The Hall–Kier alpha value is -2.39.